The van der Waals surface area contributed by atoms with E-state index >= 15 is 0 Å². The maximum atomic E-state index is 11.0. The first kappa shape index (κ1) is 13.4. The molecule has 0 saturated carbocycles. The SMILES string of the molecule is CCC(C)(C)CNc1cc(N)ccc1C(=O)O. The number of nitrogen functional groups attached to an aromatic ring is 1. The summed E-state index contributed by atoms with van der Waals surface area (Å²) < 4.78 is 0. The second kappa shape index (κ2) is 5.08. The summed E-state index contributed by atoms with van der Waals surface area (Å²) in [6, 6.07) is 4.79. The Kier molecular flexibility index (Phi) is 3.99. The fourth-order valence-corrected chi connectivity index (χ4v) is 1.35. The van der Waals surface area contributed by atoms with Crippen LogP contribution in [0.1, 0.15) is 37.6 Å². The average molecular weight is 236 g/mol. The topological polar surface area (TPSA) is 75.3 Å². The Balaban J connectivity index is 2.89. The van der Waals surface area contributed by atoms with Crippen LogP contribution in [-0.2, 0) is 0 Å². The van der Waals surface area contributed by atoms with Gasteiger partial charge in [-0.15, -0.1) is 0 Å². The molecule has 4 nitrogen and oxygen atoms in total. The minimum absolute atomic E-state index is 0.125. The van der Waals surface area contributed by atoms with Crippen LogP contribution in [0.2, 0.25) is 0 Å². The highest BCUT2D eigenvalue weighted by Crippen LogP contribution is 2.24. The molecule has 0 aromatic heterocycles. The van der Waals surface area contributed by atoms with E-state index in [1.165, 1.54) is 6.07 Å². The van der Waals surface area contributed by atoms with Gasteiger partial charge in [-0.1, -0.05) is 20.8 Å². The van der Waals surface area contributed by atoms with Crippen molar-refractivity contribution in [2.45, 2.75) is 27.2 Å². The number of nitrogens with two attached hydrogens (primary N) is 1. The maximum absolute atomic E-state index is 11.0. The summed E-state index contributed by atoms with van der Waals surface area (Å²) in [4.78, 5) is 11.0. The van der Waals surface area contributed by atoms with E-state index < -0.39 is 5.97 Å². The molecule has 0 atom stereocenters. The highest BCUT2D eigenvalue weighted by atomic mass is 16.4. The van der Waals surface area contributed by atoms with Gasteiger partial charge in [0.15, 0.2) is 0 Å². The predicted octanol–water partition coefficient (Wildman–Crippen LogP) is 2.82. The Labute approximate surface area is 102 Å². The van der Waals surface area contributed by atoms with Crippen molar-refractivity contribution < 1.29 is 9.90 Å². The number of rotatable bonds is 5. The lowest BCUT2D eigenvalue weighted by Gasteiger charge is -2.24. The molecular formula is C13H20N2O2. The van der Waals surface area contributed by atoms with Crippen molar-refractivity contribution in [3.05, 3.63) is 23.8 Å². The van der Waals surface area contributed by atoms with Crippen LogP contribution in [0.25, 0.3) is 0 Å². The molecular weight excluding hydrogens is 216 g/mol. The molecule has 0 spiro atoms. The van der Waals surface area contributed by atoms with Crippen LogP contribution in [0.15, 0.2) is 18.2 Å². The molecule has 0 heterocycles. The summed E-state index contributed by atoms with van der Waals surface area (Å²) in [6.45, 7) is 7.09. The van der Waals surface area contributed by atoms with Gasteiger partial charge in [-0.2, -0.15) is 0 Å². The molecule has 4 N–H and O–H groups in total. The van der Waals surface area contributed by atoms with Crippen LogP contribution in [0.5, 0.6) is 0 Å². The molecule has 0 unspecified atom stereocenters. The fraction of sp³-hybridized carbons (Fsp3) is 0.462. The highest BCUT2D eigenvalue weighted by Gasteiger charge is 2.16. The van der Waals surface area contributed by atoms with Crippen LogP contribution in [-0.4, -0.2) is 17.6 Å². The lowest BCUT2D eigenvalue weighted by molar-refractivity contribution is 0.0698. The summed E-state index contributed by atoms with van der Waals surface area (Å²) in [5, 5.41) is 12.2. The monoisotopic (exact) mass is 236 g/mol. The first-order valence-corrected chi connectivity index (χ1v) is 5.72. The van der Waals surface area contributed by atoms with E-state index in [-0.39, 0.29) is 11.0 Å². The van der Waals surface area contributed by atoms with Gasteiger partial charge in [-0.05, 0) is 30.0 Å². The molecule has 0 aliphatic rings. The molecule has 0 aliphatic heterocycles. The summed E-state index contributed by atoms with van der Waals surface area (Å²) in [5.41, 5.74) is 7.19. The van der Waals surface area contributed by atoms with E-state index in [0.29, 0.717) is 17.9 Å². The first-order chi connectivity index (χ1) is 7.85. The van der Waals surface area contributed by atoms with Crippen molar-refractivity contribution >= 4 is 17.3 Å². The lowest BCUT2D eigenvalue weighted by atomic mass is 9.90. The quantitative estimate of drug-likeness (QED) is 0.687. The Morgan fingerprint density at radius 3 is 2.65 bits per heavy atom. The number of carboxylic acids is 1. The average Bonchev–Trinajstić information content (AvgIpc) is 2.26. The molecule has 17 heavy (non-hydrogen) atoms. The van der Waals surface area contributed by atoms with Gasteiger partial charge in [-0.3, -0.25) is 0 Å². The molecule has 0 fully saturated rings. The number of carbonyl (C=O) groups is 1. The third kappa shape index (κ3) is 3.66. The minimum Gasteiger partial charge on any atom is -0.478 e. The largest absolute Gasteiger partial charge is 0.478 e. The van der Waals surface area contributed by atoms with Crippen molar-refractivity contribution in [1.82, 2.24) is 0 Å². The zero-order valence-electron chi connectivity index (χ0n) is 10.6. The predicted molar refractivity (Wildman–Crippen MR) is 70.4 cm³/mol. The Morgan fingerprint density at radius 1 is 1.47 bits per heavy atom. The van der Waals surface area contributed by atoms with Crippen LogP contribution in [0, 0.1) is 5.41 Å². The number of benzene rings is 1. The highest BCUT2D eigenvalue weighted by molar-refractivity contribution is 5.95. The molecule has 1 aromatic rings. The third-order valence-corrected chi connectivity index (χ3v) is 2.99. The van der Waals surface area contributed by atoms with Crippen molar-refractivity contribution in [2.75, 3.05) is 17.6 Å². The van der Waals surface area contributed by atoms with Gasteiger partial charge in [0.05, 0.1) is 11.3 Å². The van der Waals surface area contributed by atoms with Gasteiger partial charge in [0.1, 0.15) is 0 Å². The molecule has 0 saturated heterocycles. The number of hydrogen-bond donors (Lipinski definition) is 3. The summed E-state index contributed by atoms with van der Waals surface area (Å²) >= 11 is 0. The van der Waals surface area contributed by atoms with Crippen molar-refractivity contribution in [1.29, 1.82) is 0 Å². The minimum atomic E-state index is -0.943. The third-order valence-electron chi connectivity index (χ3n) is 2.99. The molecule has 1 rings (SSSR count). The van der Waals surface area contributed by atoms with Crippen molar-refractivity contribution in [2.24, 2.45) is 5.41 Å². The molecule has 0 aliphatic carbocycles. The zero-order chi connectivity index (χ0) is 13.1. The fourth-order valence-electron chi connectivity index (χ4n) is 1.35. The summed E-state index contributed by atoms with van der Waals surface area (Å²) in [6.07, 6.45) is 1.02. The zero-order valence-corrected chi connectivity index (χ0v) is 10.6. The first-order valence-electron chi connectivity index (χ1n) is 5.72. The van der Waals surface area contributed by atoms with Gasteiger partial charge in [0.25, 0.3) is 0 Å². The van der Waals surface area contributed by atoms with Gasteiger partial charge >= 0.3 is 5.97 Å². The van der Waals surface area contributed by atoms with E-state index in [1.807, 2.05) is 0 Å². The van der Waals surface area contributed by atoms with Gasteiger partial charge in [0, 0.05) is 12.2 Å². The molecule has 1 aromatic carbocycles. The normalized spacial score (nSPS) is 11.2. The second-order valence-electron chi connectivity index (χ2n) is 4.98. The molecule has 94 valence electrons. The smallest absolute Gasteiger partial charge is 0.337 e. The standard InChI is InChI=1S/C13H20N2O2/c1-4-13(2,3)8-15-11-7-9(14)5-6-10(11)12(16)17/h5-7,15H,4,8,14H2,1-3H3,(H,16,17). The van der Waals surface area contributed by atoms with Crippen molar-refractivity contribution in [3.63, 3.8) is 0 Å². The number of anilines is 2. The van der Waals surface area contributed by atoms with E-state index in [4.69, 9.17) is 10.8 Å². The number of carboxylic acid groups (broad SMARTS) is 1. The van der Waals surface area contributed by atoms with E-state index in [1.54, 1.807) is 12.1 Å². The number of nitrogens with one attached hydrogen (secondary N) is 1. The Morgan fingerprint density at radius 2 is 2.12 bits per heavy atom. The van der Waals surface area contributed by atoms with E-state index in [9.17, 15) is 4.79 Å². The molecule has 0 bridgehead atoms. The molecule has 0 radical (unpaired) electrons. The van der Waals surface area contributed by atoms with Crippen LogP contribution in [0.4, 0.5) is 11.4 Å². The van der Waals surface area contributed by atoms with Crippen LogP contribution >= 0.6 is 0 Å². The molecule has 4 heteroatoms. The number of aromatic carboxylic acids is 1. The second-order valence-corrected chi connectivity index (χ2v) is 4.98. The van der Waals surface area contributed by atoms with Crippen LogP contribution in [0.3, 0.4) is 0 Å². The molecule has 0 amide bonds. The lowest BCUT2D eigenvalue weighted by Crippen LogP contribution is -2.23. The maximum Gasteiger partial charge on any atom is 0.337 e. The van der Waals surface area contributed by atoms with Gasteiger partial charge in [0.2, 0.25) is 0 Å². The Bertz CT molecular complexity index is 414. The number of hydrogen-bond acceptors (Lipinski definition) is 3. The summed E-state index contributed by atoms with van der Waals surface area (Å²) in [5.74, 6) is -0.943. The van der Waals surface area contributed by atoms with E-state index in [0.717, 1.165) is 6.42 Å². The van der Waals surface area contributed by atoms with E-state index in [2.05, 4.69) is 26.1 Å². The summed E-state index contributed by atoms with van der Waals surface area (Å²) in [7, 11) is 0. The Hall–Kier alpha value is -1.71. The van der Waals surface area contributed by atoms with Crippen LogP contribution < -0.4 is 11.1 Å². The van der Waals surface area contributed by atoms with Crippen molar-refractivity contribution in [3.8, 4) is 0 Å². The van der Waals surface area contributed by atoms with Gasteiger partial charge < -0.3 is 16.2 Å². The van der Waals surface area contributed by atoms with Gasteiger partial charge in [-0.25, -0.2) is 4.79 Å².